The zero-order valence-corrected chi connectivity index (χ0v) is 51.2. The minimum absolute atomic E-state index is 0.0243. The molecule has 0 radical (unpaired) electrons. The summed E-state index contributed by atoms with van der Waals surface area (Å²) in [6.45, 7) is 2.97. The topological polar surface area (TPSA) is 480 Å². The maximum atomic E-state index is 13.4. The van der Waals surface area contributed by atoms with Crippen molar-refractivity contribution in [2.45, 2.75) is 105 Å². The maximum Gasteiger partial charge on any atom is 0.157 e. The lowest BCUT2D eigenvalue weighted by molar-refractivity contribution is -0.00403. The Labute approximate surface area is 552 Å². The van der Waals surface area contributed by atoms with Crippen LogP contribution in [0.15, 0.2) is 114 Å². The third-order valence-corrected chi connectivity index (χ3v) is 19.4. The molecule has 0 saturated carbocycles. The first kappa shape index (κ1) is 63.6. The Morgan fingerprint density at radius 1 is 0.367 bits per heavy atom. The first-order chi connectivity index (χ1) is 46.6. The first-order valence-electron chi connectivity index (χ1n) is 30.6. The van der Waals surface area contributed by atoms with E-state index in [9.17, 15) is 107 Å². The van der Waals surface area contributed by atoms with E-state index in [2.05, 4.69) is 5.18 Å². The van der Waals surface area contributed by atoms with Crippen LogP contribution in [0.25, 0.3) is 0 Å². The monoisotopic (exact) mass is 1340 g/mol. The van der Waals surface area contributed by atoms with E-state index in [1.165, 1.54) is 56.3 Å². The van der Waals surface area contributed by atoms with Crippen LogP contribution in [0.5, 0.6) is 121 Å². The number of aromatic hydroxyl groups is 16. The van der Waals surface area contributed by atoms with Crippen molar-refractivity contribution in [2.75, 3.05) is 0 Å². The molecule has 0 saturated heterocycles. The molecule has 0 aromatic heterocycles. The number of hydrogen-bond donors (Lipinski definition) is 20. The van der Waals surface area contributed by atoms with Crippen LogP contribution in [0.2, 0.25) is 0 Å². The fraction of sp³-hybridized carbons (Fsp3) is 0.239. The van der Waals surface area contributed by atoms with Gasteiger partial charge in [-0.15, -0.1) is 4.91 Å². The summed E-state index contributed by atoms with van der Waals surface area (Å²) in [6.07, 6.45) is -15.1. The normalized spacial score (nSPS) is 24.3. The van der Waals surface area contributed by atoms with Gasteiger partial charge in [-0.2, -0.15) is 0 Å². The van der Waals surface area contributed by atoms with Gasteiger partial charge in [0.1, 0.15) is 129 Å². The predicted molar refractivity (Wildman–Crippen MR) is 338 cm³/mol. The van der Waals surface area contributed by atoms with E-state index >= 15 is 0 Å². The zero-order valence-electron chi connectivity index (χ0n) is 51.2. The molecule has 5 aliphatic heterocycles. The van der Waals surface area contributed by atoms with Crippen molar-refractivity contribution < 1.29 is 126 Å². The molecule has 0 amide bonds. The smallest absolute Gasteiger partial charge is 0.157 e. The molecule has 14 rings (SSSR count). The second-order valence-electron chi connectivity index (χ2n) is 25.1. The zero-order chi connectivity index (χ0) is 69.7. The number of benzene rings is 9. The highest BCUT2D eigenvalue weighted by molar-refractivity contribution is 5.74. The van der Waals surface area contributed by atoms with Crippen LogP contribution >= 0.6 is 0 Å². The molecule has 0 fully saturated rings. The van der Waals surface area contributed by atoms with Crippen molar-refractivity contribution in [1.82, 2.24) is 0 Å². The maximum absolute atomic E-state index is 13.4. The van der Waals surface area contributed by atoms with Crippen LogP contribution in [-0.4, -0.2) is 133 Å². The molecule has 98 heavy (non-hydrogen) atoms. The highest BCUT2D eigenvalue weighted by atomic mass is 16.5. The number of phenols is 16. The molecule has 0 spiro atoms. The Hall–Kier alpha value is -11.8. The molecular formula is C71H61NO26. The number of fused-ring (bicyclic) bond motifs is 5. The molecular weight excluding hydrogens is 1280 g/mol. The van der Waals surface area contributed by atoms with Gasteiger partial charge in [-0.1, -0.05) is 24.3 Å². The van der Waals surface area contributed by atoms with E-state index in [1.54, 1.807) is 0 Å². The molecule has 27 nitrogen and oxygen atoms in total. The van der Waals surface area contributed by atoms with E-state index in [0.29, 0.717) is 0 Å². The standard InChI is InChI=1S/C71H61NO26/c1-23-30-17-48(89)66(27-5-9-35(76)38(79)13-27)96-50(30)22-47(88)52(23)60-56-45(86)21-46(87)59(71(56)98-68(64(60)91)28-6-10-36(77)39(80)14-28)62-58-44(85)20-42(83)54(70(58)97-67(65(62)92)26-4-7-33(74)32(11-26)72-93)31-18-49(25-3-8-34(75)37(78)12-25)95-69-53(31)41(82)19-43(84)57(69)61-55-40(81)15-29(73)16-51(55)94-24(2)63(61)90/h3-16,19-22,24,31,48-49,60-68,73-92H,17-18H2,1-2H3/t24?,31?,48?,49?,60?,61?,62?,63?,64-,65?,66?,67?,68?/m0/s1. The van der Waals surface area contributed by atoms with Crippen molar-refractivity contribution in [2.24, 2.45) is 5.18 Å². The summed E-state index contributed by atoms with van der Waals surface area (Å²) in [5.74, 6) is -19.2. The number of ether oxygens (including phenoxy) is 5. The number of hydrogen-bond acceptors (Lipinski definition) is 27. The average Bonchev–Trinajstić information content (AvgIpc) is 0.709. The lowest BCUT2D eigenvalue weighted by atomic mass is 9.71. The largest absolute Gasteiger partial charge is 0.508 e. The van der Waals surface area contributed by atoms with Gasteiger partial charge in [0.25, 0.3) is 0 Å². The van der Waals surface area contributed by atoms with Crippen molar-refractivity contribution in [3.05, 3.63) is 192 Å². The van der Waals surface area contributed by atoms with Crippen molar-refractivity contribution in [1.29, 1.82) is 0 Å². The van der Waals surface area contributed by atoms with E-state index in [1.807, 2.05) is 0 Å². The first-order valence-corrected chi connectivity index (χ1v) is 30.6. The summed E-state index contributed by atoms with van der Waals surface area (Å²) in [5.41, 5.74) is -2.79. The third-order valence-electron chi connectivity index (χ3n) is 19.4. The summed E-state index contributed by atoms with van der Waals surface area (Å²) in [7, 11) is 0. The molecule has 12 unspecified atom stereocenters. The summed E-state index contributed by atoms with van der Waals surface area (Å²) >= 11 is 0. The van der Waals surface area contributed by atoms with Crippen molar-refractivity contribution in [3.63, 3.8) is 0 Å². The van der Waals surface area contributed by atoms with E-state index in [4.69, 9.17) is 23.7 Å². The van der Waals surface area contributed by atoms with Gasteiger partial charge >= 0.3 is 0 Å². The second-order valence-corrected chi connectivity index (χ2v) is 25.1. The number of nitroso groups, excluding NO2 is 1. The molecule has 9 aromatic carbocycles. The van der Waals surface area contributed by atoms with Gasteiger partial charge in [-0.25, -0.2) is 0 Å². The van der Waals surface area contributed by atoms with E-state index in [0.717, 1.165) is 66.7 Å². The van der Waals surface area contributed by atoms with E-state index < -0.39 is 217 Å². The summed E-state index contributed by atoms with van der Waals surface area (Å²) in [5, 5.41) is 237. The SMILES string of the molecule is Cc1c2c(cc(O)c1C1c3c(O)cc(O)c(C4c5c(O)cc(O)c(C6CC(c7ccc(O)c(O)c7)Oc7c6c(O)cc(O)c7C6c7c(O)cc(O)cc7OC(C)C6O)c5OC(c5ccc(O)c(N=O)c5)C4O)c3OC(c3ccc(O)c(O)c3)[C@H]1O)OC(c1ccc(O)c(O)c1)C(O)C2. The summed E-state index contributed by atoms with van der Waals surface area (Å²) in [4.78, 5) is 12.4. The lowest BCUT2D eigenvalue weighted by Gasteiger charge is -2.44. The van der Waals surface area contributed by atoms with Gasteiger partial charge in [-0.3, -0.25) is 0 Å². The Balaban J connectivity index is 1.02. The fourth-order valence-electron chi connectivity index (χ4n) is 14.9. The van der Waals surface area contributed by atoms with Crippen LogP contribution in [0.3, 0.4) is 0 Å². The Bertz CT molecular complexity index is 4820. The van der Waals surface area contributed by atoms with Gasteiger partial charge < -0.3 is 126 Å². The minimum Gasteiger partial charge on any atom is -0.508 e. The van der Waals surface area contributed by atoms with Crippen molar-refractivity contribution in [3.8, 4) is 121 Å². The molecule has 0 aliphatic carbocycles. The van der Waals surface area contributed by atoms with Crippen LogP contribution in [0, 0.1) is 11.8 Å². The number of rotatable bonds is 9. The van der Waals surface area contributed by atoms with Crippen LogP contribution in [0.4, 0.5) is 5.69 Å². The number of phenolic OH excluding ortho intramolecular Hbond substituents is 16. The Morgan fingerprint density at radius 3 is 1.31 bits per heavy atom. The summed E-state index contributed by atoms with van der Waals surface area (Å²) < 4.78 is 32.6. The molecule has 9 aromatic rings. The predicted octanol–water partition coefficient (Wildman–Crippen LogP) is 8.90. The number of nitrogens with zero attached hydrogens (tertiary/aromatic N) is 1. The third kappa shape index (κ3) is 9.94. The average molecular weight is 1340 g/mol. The van der Waals surface area contributed by atoms with Crippen LogP contribution < -0.4 is 23.7 Å². The van der Waals surface area contributed by atoms with Crippen molar-refractivity contribution >= 4 is 5.69 Å². The van der Waals surface area contributed by atoms with Gasteiger partial charge in [0.05, 0.1) is 23.9 Å². The quantitative estimate of drug-likeness (QED) is 0.0473. The van der Waals surface area contributed by atoms with Gasteiger partial charge in [0, 0.05) is 105 Å². The molecule has 13 atom stereocenters. The molecule has 0 bridgehead atoms. The lowest BCUT2D eigenvalue weighted by Crippen LogP contribution is -2.39. The highest BCUT2D eigenvalue weighted by Crippen LogP contribution is 2.66. The van der Waals surface area contributed by atoms with E-state index in [-0.39, 0.29) is 79.1 Å². The highest BCUT2D eigenvalue weighted by Gasteiger charge is 2.53. The van der Waals surface area contributed by atoms with Gasteiger partial charge in [0.2, 0.25) is 0 Å². The van der Waals surface area contributed by atoms with Crippen LogP contribution in [0.1, 0.15) is 139 Å². The van der Waals surface area contributed by atoms with Gasteiger partial charge in [0.15, 0.2) is 46.7 Å². The molecule has 5 aliphatic rings. The Morgan fingerprint density at radius 2 is 0.786 bits per heavy atom. The molecule has 506 valence electrons. The number of aliphatic hydroxyl groups is 4. The molecule has 5 heterocycles. The fourth-order valence-corrected chi connectivity index (χ4v) is 14.9. The summed E-state index contributed by atoms with van der Waals surface area (Å²) in [6, 6.07) is 19.9. The second kappa shape index (κ2) is 23.3. The van der Waals surface area contributed by atoms with Gasteiger partial charge in [-0.05, 0) is 95.4 Å². The van der Waals surface area contributed by atoms with Crippen LogP contribution in [-0.2, 0) is 6.42 Å². The number of aliphatic hydroxyl groups excluding tert-OH is 4. The molecule has 27 heteroatoms. The molecule has 20 N–H and O–H groups in total. The Kier molecular flexibility index (Phi) is 15.1. The minimum atomic E-state index is -2.17.